The molecule has 1 aliphatic carbocycles. The number of carboxylic acids is 1. The van der Waals surface area contributed by atoms with Crippen molar-refractivity contribution in [2.24, 2.45) is 11.8 Å². The summed E-state index contributed by atoms with van der Waals surface area (Å²) in [6, 6.07) is 0. The highest BCUT2D eigenvalue weighted by molar-refractivity contribution is 5.70. The summed E-state index contributed by atoms with van der Waals surface area (Å²) in [7, 11) is 0. The van der Waals surface area contributed by atoms with Crippen LogP contribution in [0.3, 0.4) is 0 Å². The van der Waals surface area contributed by atoms with Gasteiger partial charge in [0.15, 0.2) is 0 Å². The van der Waals surface area contributed by atoms with Crippen molar-refractivity contribution in [3.63, 3.8) is 0 Å². The summed E-state index contributed by atoms with van der Waals surface area (Å²) in [6.45, 7) is 1.79. The van der Waals surface area contributed by atoms with Gasteiger partial charge in [0.1, 0.15) is 0 Å². The van der Waals surface area contributed by atoms with E-state index < -0.39 is 5.97 Å². The SMILES string of the molecule is CC1CCCCC1C(=O)O.O=CO. The lowest BCUT2D eigenvalue weighted by molar-refractivity contribution is -0.144. The van der Waals surface area contributed by atoms with Crippen molar-refractivity contribution in [3.05, 3.63) is 0 Å². The fourth-order valence-electron chi connectivity index (χ4n) is 1.68. The molecule has 1 fully saturated rings. The second kappa shape index (κ2) is 6.46. The molecular weight excluding hydrogens is 172 g/mol. The summed E-state index contributed by atoms with van der Waals surface area (Å²) in [4.78, 5) is 18.9. The second-order valence-electron chi connectivity index (χ2n) is 3.31. The summed E-state index contributed by atoms with van der Waals surface area (Å²) >= 11 is 0. The standard InChI is InChI=1S/C8H14O2.CH2O2/c1-6-4-2-3-5-7(6)8(9)10;2-1-3/h6-7H,2-5H2,1H3,(H,9,10);1H,(H,2,3). The maximum atomic E-state index is 10.6. The molecule has 0 spiro atoms. The molecule has 2 N–H and O–H groups in total. The van der Waals surface area contributed by atoms with Crippen LogP contribution in [0.4, 0.5) is 0 Å². The lowest BCUT2D eigenvalue weighted by atomic mass is 9.81. The van der Waals surface area contributed by atoms with Crippen LogP contribution in [0.15, 0.2) is 0 Å². The van der Waals surface area contributed by atoms with E-state index in [4.69, 9.17) is 15.0 Å². The Morgan fingerprint density at radius 3 is 2.15 bits per heavy atom. The second-order valence-corrected chi connectivity index (χ2v) is 3.31. The van der Waals surface area contributed by atoms with E-state index in [2.05, 4.69) is 0 Å². The lowest BCUT2D eigenvalue weighted by Gasteiger charge is -2.24. The average Bonchev–Trinajstić information content (AvgIpc) is 2.06. The van der Waals surface area contributed by atoms with E-state index in [0.717, 1.165) is 19.3 Å². The number of aliphatic carboxylic acids is 1. The van der Waals surface area contributed by atoms with E-state index in [1.165, 1.54) is 6.42 Å². The van der Waals surface area contributed by atoms with Gasteiger partial charge in [0.05, 0.1) is 5.92 Å². The van der Waals surface area contributed by atoms with Crippen molar-refractivity contribution >= 4 is 12.4 Å². The van der Waals surface area contributed by atoms with Gasteiger partial charge in [-0.15, -0.1) is 0 Å². The largest absolute Gasteiger partial charge is 0.483 e. The Labute approximate surface area is 77.6 Å². The minimum Gasteiger partial charge on any atom is -0.483 e. The van der Waals surface area contributed by atoms with Crippen molar-refractivity contribution in [1.82, 2.24) is 0 Å². The summed E-state index contributed by atoms with van der Waals surface area (Å²) < 4.78 is 0. The van der Waals surface area contributed by atoms with Crippen molar-refractivity contribution < 1.29 is 19.8 Å². The van der Waals surface area contributed by atoms with Gasteiger partial charge in [-0.3, -0.25) is 9.59 Å². The fourth-order valence-corrected chi connectivity index (χ4v) is 1.68. The topological polar surface area (TPSA) is 74.6 Å². The van der Waals surface area contributed by atoms with Crippen molar-refractivity contribution in [3.8, 4) is 0 Å². The predicted octanol–water partition coefficient (Wildman–Crippen LogP) is 1.60. The molecule has 4 nitrogen and oxygen atoms in total. The normalized spacial score (nSPS) is 26.8. The van der Waals surface area contributed by atoms with Crippen LogP contribution < -0.4 is 0 Å². The molecule has 0 aromatic carbocycles. The third kappa shape index (κ3) is 4.50. The first-order chi connectivity index (χ1) is 6.13. The van der Waals surface area contributed by atoms with E-state index >= 15 is 0 Å². The molecule has 4 heteroatoms. The van der Waals surface area contributed by atoms with Gasteiger partial charge in [0, 0.05) is 0 Å². The quantitative estimate of drug-likeness (QED) is 0.613. The molecule has 2 unspecified atom stereocenters. The van der Waals surface area contributed by atoms with Crippen molar-refractivity contribution in [1.29, 1.82) is 0 Å². The number of carboxylic acid groups (broad SMARTS) is 2. The van der Waals surface area contributed by atoms with Crippen LogP contribution in [0.5, 0.6) is 0 Å². The van der Waals surface area contributed by atoms with Crippen LogP contribution in [-0.4, -0.2) is 22.7 Å². The van der Waals surface area contributed by atoms with Crippen LogP contribution >= 0.6 is 0 Å². The van der Waals surface area contributed by atoms with Gasteiger partial charge < -0.3 is 10.2 Å². The minimum atomic E-state index is -0.604. The van der Waals surface area contributed by atoms with Gasteiger partial charge in [0.2, 0.25) is 0 Å². The average molecular weight is 188 g/mol. The molecular formula is C9H16O4. The molecule has 1 rings (SSSR count). The first-order valence-electron chi connectivity index (χ1n) is 4.44. The van der Waals surface area contributed by atoms with Crippen molar-refractivity contribution in [2.45, 2.75) is 32.6 Å². The summed E-state index contributed by atoms with van der Waals surface area (Å²) in [6.07, 6.45) is 4.29. The third-order valence-electron chi connectivity index (χ3n) is 2.43. The molecule has 0 radical (unpaired) electrons. The van der Waals surface area contributed by atoms with Crippen LogP contribution in [0.2, 0.25) is 0 Å². The van der Waals surface area contributed by atoms with Gasteiger partial charge in [-0.1, -0.05) is 19.8 Å². The minimum absolute atomic E-state index is 0.0613. The van der Waals surface area contributed by atoms with Crippen LogP contribution in [0.1, 0.15) is 32.6 Å². The first-order valence-corrected chi connectivity index (χ1v) is 4.44. The van der Waals surface area contributed by atoms with Crippen LogP contribution in [0.25, 0.3) is 0 Å². The Bertz CT molecular complexity index is 167. The number of carbonyl (C=O) groups is 2. The van der Waals surface area contributed by atoms with Crippen molar-refractivity contribution in [2.75, 3.05) is 0 Å². The Balaban J connectivity index is 0.000000424. The van der Waals surface area contributed by atoms with Crippen LogP contribution in [-0.2, 0) is 9.59 Å². The Kier molecular flexibility index (Phi) is 5.93. The highest BCUT2D eigenvalue weighted by Crippen LogP contribution is 2.29. The first kappa shape index (κ1) is 11.9. The zero-order chi connectivity index (χ0) is 10.3. The molecule has 1 aliphatic rings. The van der Waals surface area contributed by atoms with E-state index in [0.29, 0.717) is 5.92 Å². The Hall–Kier alpha value is -1.06. The molecule has 0 heterocycles. The van der Waals surface area contributed by atoms with Gasteiger partial charge in [-0.2, -0.15) is 0 Å². The zero-order valence-corrected chi connectivity index (χ0v) is 7.77. The van der Waals surface area contributed by atoms with E-state index in [9.17, 15) is 4.79 Å². The summed E-state index contributed by atoms with van der Waals surface area (Å²) in [5, 5.41) is 15.6. The molecule has 76 valence electrons. The predicted molar refractivity (Wildman–Crippen MR) is 47.5 cm³/mol. The van der Waals surface area contributed by atoms with Gasteiger partial charge in [-0.05, 0) is 18.8 Å². The van der Waals surface area contributed by atoms with Gasteiger partial charge in [-0.25, -0.2) is 0 Å². The molecule has 2 atom stereocenters. The van der Waals surface area contributed by atoms with E-state index in [1.807, 2.05) is 6.92 Å². The maximum Gasteiger partial charge on any atom is 0.306 e. The molecule has 0 bridgehead atoms. The molecule has 0 aromatic rings. The summed E-state index contributed by atoms with van der Waals surface area (Å²) in [5.74, 6) is -0.271. The van der Waals surface area contributed by atoms with E-state index in [1.54, 1.807) is 0 Å². The fraction of sp³-hybridized carbons (Fsp3) is 0.778. The monoisotopic (exact) mass is 188 g/mol. The smallest absolute Gasteiger partial charge is 0.306 e. The Morgan fingerprint density at radius 1 is 1.38 bits per heavy atom. The number of rotatable bonds is 1. The molecule has 0 saturated heterocycles. The molecule has 13 heavy (non-hydrogen) atoms. The van der Waals surface area contributed by atoms with Crippen LogP contribution in [0, 0.1) is 11.8 Å². The van der Waals surface area contributed by atoms with Gasteiger partial charge >= 0.3 is 5.97 Å². The molecule has 0 amide bonds. The van der Waals surface area contributed by atoms with Gasteiger partial charge in [0.25, 0.3) is 6.47 Å². The highest BCUT2D eigenvalue weighted by Gasteiger charge is 2.26. The van der Waals surface area contributed by atoms with E-state index in [-0.39, 0.29) is 12.4 Å². The summed E-state index contributed by atoms with van der Waals surface area (Å²) in [5.41, 5.74) is 0. The zero-order valence-electron chi connectivity index (χ0n) is 7.77. The lowest BCUT2D eigenvalue weighted by Crippen LogP contribution is -2.24. The highest BCUT2D eigenvalue weighted by atomic mass is 16.4. The Morgan fingerprint density at radius 2 is 1.85 bits per heavy atom. The molecule has 1 saturated carbocycles. The third-order valence-corrected chi connectivity index (χ3v) is 2.43. The number of hydrogen-bond acceptors (Lipinski definition) is 2. The molecule has 0 aromatic heterocycles. The number of hydrogen-bond donors (Lipinski definition) is 2. The maximum absolute atomic E-state index is 10.6. The molecule has 0 aliphatic heterocycles.